The van der Waals surface area contributed by atoms with Crippen LogP contribution in [0.2, 0.25) is 0 Å². The highest BCUT2D eigenvalue weighted by Gasteiger charge is 2.36. The average Bonchev–Trinajstić information content (AvgIpc) is 3.03. The van der Waals surface area contributed by atoms with E-state index in [0.717, 1.165) is 52.9 Å². The van der Waals surface area contributed by atoms with E-state index < -0.39 is 23.4 Å². The second kappa shape index (κ2) is 18.9. The van der Waals surface area contributed by atoms with Gasteiger partial charge in [-0.3, -0.25) is 25.2 Å². The SMILES string of the molecule is C=C(N)c1ccc(SN(Cc2cc(C(CC(C)=O)c3ccn(C(=N)C(F)(F)F)c(=N)c3C)ccc2C)CC(C)CCCCC)c(C)n1.CC. The molecule has 268 valence electrons. The molecule has 0 fully saturated rings. The van der Waals surface area contributed by atoms with Gasteiger partial charge in [0.2, 0.25) is 5.84 Å². The number of carbonyl (C=O) groups is 1. The second-order valence-electron chi connectivity index (χ2n) is 12.4. The molecule has 1 aromatic carbocycles. The van der Waals surface area contributed by atoms with Crippen molar-refractivity contribution < 1.29 is 18.0 Å². The van der Waals surface area contributed by atoms with Crippen LogP contribution in [0.1, 0.15) is 112 Å². The molecule has 0 spiro atoms. The van der Waals surface area contributed by atoms with Crippen molar-refractivity contribution in [2.45, 2.75) is 111 Å². The number of carbonyl (C=O) groups excluding carboxylic acids is 1. The normalized spacial score (nSPS) is 12.7. The summed E-state index contributed by atoms with van der Waals surface area (Å²) in [7, 11) is 0. The Morgan fingerprint density at radius 3 is 2.37 bits per heavy atom. The summed E-state index contributed by atoms with van der Waals surface area (Å²) in [6.07, 6.45) is 0.967. The number of Topliss-reactive ketones (excluding diaryl/α,β-unsaturated/α-hetero) is 1. The lowest BCUT2D eigenvalue weighted by molar-refractivity contribution is -0.117. The van der Waals surface area contributed by atoms with Crippen LogP contribution in [0.5, 0.6) is 0 Å². The van der Waals surface area contributed by atoms with Gasteiger partial charge in [-0.2, -0.15) is 13.2 Å². The van der Waals surface area contributed by atoms with Crippen LogP contribution in [-0.2, 0) is 11.3 Å². The Labute approximate surface area is 294 Å². The zero-order valence-corrected chi connectivity index (χ0v) is 31.0. The van der Waals surface area contributed by atoms with Crippen molar-refractivity contribution in [2.75, 3.05) is 6.54 Å². The molecule has 3 rings (SSSR count). The summed E-state index contributed by atoms with van der Waals surface area (Å²) in [5.41, 5.74) is 11.2. The third-order valence-corrected chi connectivity index (χ3v) is 9.51. The van der Waals surface area contributed by atoms with Crippen LogP contribution in [0.25, 0.3) is 5.70 Å². The third-order valence-electron chi connectivity index (χ3n) is 8.34. The van der Waals surface area contributed by atoms with Crippen LogP contribution in [0.4, 0.5) is 13.2 Å². The Bertz CT molecular complexity index is 1670. The van der Waals surface area contributed by atoms with E-state index in [1.807, 2.05) is 52.0 Å². The maximum absolute atomic E-state index is 13.3. The van der Waals surface area contributed by atoms with Gasteiger partial charge < -0.3 is 5.73 Å². The average molecular weight is 699 g/mol. The molecule has 11 heteroatoms. The fourth-order valence-corrected chi connectivity index (χ4v) is 6.73. The highest BCUT2D eigenvalue weighted by molar-refractivity contribution is 7.97. The smallest absolute Gasteiger partial charge is 0.397 e. The number of rotatable bonds is 15. The van der Waals surface area contributed by atoms with Crippen molar-refractivity contribution >= 4 is 29.3 Å². The summed E-state index contributed by atoms with van der Waals surface area (Å²) in [5.74, 6) is -1.73. The summed E-state index contributed by atoms with van der Waals surface area (Å²) in [4.78, 5) is 18.1. The number of aryl methyl sites for hydroxylation is 2. The highest BCUT2D eigenvalue weighted by Crippen LogP contribution is 2.34. The first-order valence-electron chi connectivity index (χ1n) is 16.9. The number of hydrogen-bond donors (Lipinski definition) is 3. The van der Waals surface area contributed by atoms with E-state index in [2.05, 4.69) is 35.8 Å². The molecule has 2 aromatic heterocycles. The second-order valence-corrected chi connectivity index (χ2v) is 13.6. The minimum Gasteiger partial charge on any atom is -0.397 e. The van der Waals surface area contributed by atoms with E-state index in [1.165, 1.54) is 25.8 Å². The van der Waals surface area contributed by atoms with Gasteiger partial charge in [-0.15, -0.1) is 0 Å². The van der Waals surface area contributed by atoms with Gasteiger partial charge >= 0.3 is 6.18 Å². The lowest BCUT2D eigenvalue weighted by atomic mass is 9.84. The first-order chi connectivity index (χ1) is 23.0. The predicted molar refractivity (Wildman–Crippen MR) is 196 cm³/mol. The van der Waals surface area contributed by atoms with Gasteiger partial charge in [-0.25, -0.2) is 4.31 Å². The Hall–Kier alpha value is -3.70. The van der Waals surface area contributed by atoms with Crippen LogP contribution in [-0.4, -0.2) is 38.2 Å². The van der Waals surface area contributed by atoms with E-state index in [1.54, 1.807) is 18.9 Å². The van der Waals surface area contributed by atoms with Crippen molar-refractivity contribution in [3.63, 3.8) is 0 Å². The Balaban J connectivity index is 0.00000409. The first kappa shape index (κ1) is 41.5. The molecule has 3 aromatic rings. The topological polar surface area (TPSA) is 112 Å². The summed E-state index contributed by atoms with van der Waals surface area (Å²) in [5, 5.41) is 16.0. The predicted octanol–water partition coefficient (Wildman–Crippen LogP) is 9.47. The molecule has 2 heterocycles. The summed E-state index contributed by atoms with van der Waals surface area (Å²) < 4.78 is 42.8. The van der Waals surface area contributed by atoms with Crippen molar-refractivity contribution in [1.29, 1.82) is 10.8 Å². The van der Waals surface area contributed by atoms with E-state index in [9.17, 15) is 18.0 Å². The minimum atomic E-state index is -4.90. The highest BCUT2D eigenvalue weighted by atomic mass is 32.2. The molecule has 2 unspecified atom stereocenters. The van der Waals surface area contributed by atoms with Gasteiger partial charge in [0.15, 0.2) is 0 Å². The van der Waals surface area contributed by atoms with E-state index in [4.69, 9.17) is 16.6 Å². The van der Waals surface area contributed by atoms with Crippen LogP contribution in [0, 0.1) is 37.5 Å². The number of aromatic nitrogens is 2. The molecule has 2 atom stereocenters. The molecule has 0 saturated carbocycles. The fraction of sp³-hybridized carbons (Fsp3) is 0.474. The van der Waals surface area contributed by atoms with Crippen LogP contribution < -0.4 is 11.2 Å². The Kier molecular flexibility index (Phi) is 16.0. The van der Waals surface area contributed by atoms with E-state index >= 15 is 0 Å². The number of alkyl halides is 3. The standard InChI is InChI=1S/C36H47F3N6OS.C2H6/c1-8-9-10-11-22(2)20-44(47-33-15-14-32(26(6)40)43-27(33)7)21-29-19-28(13-12-23(29)3)31(18-24(4)46)30-16-17-45(34(41)25(30)5)35(42)36(37,38)39;1-2/h12-17,19,22,31,41-42H,6,8-11,18,20-21,40H2,1-5,7H3;1-2H3. The quantitative estimate of drug-likeness (QED) is 0.0634. The molecule has 0 aliphatic carbocycles. The zero-order valence-electron chi connectivity index (χ0n) is 30.2. The van der Waals surface area contributed by atoms with Gasteiger partial charge in [0.05, 0.1) is 17.1 Å². The van der Waals surface area contributed by atoms with Crippen molar-refractivity contribution in [2.24, 2.45) is 11.7 Å². The summed E-state index contributed by atoms with van der Waals surface area (Å²) >= 11 is 1.65. The van der Waals surface area contributed by atoms with Crippen molar-refractivity contribution in [3.8, 4) is 0 Å². The maximum Gasteiger partial charge on any atom is 0.449 e. The largest absolute Gasteiger partial charge is 0.449 e. The van der Waals surface area contributed by atoms with Gasteiger partial charge in [-0.1, -0.05) is 71.7 Å². The van der Waals surface area contributed by atoms with E-state index in [-0.39, 0.29) is 12.2 Å². The summed E-state index contributed by atoms with van der Waals surface area (Å²) in [6, 6.07) is 11.4. The molecular formula is C38H53F3N6OS. The molecule has 4 N–H and O–H groups in total. The van der Waals surface area contributed by atoms with Gasteiger partial charge in [0.1, 0.15) is 11.3 Å². The fourth-order valence-electron chi connectivity index (χ4n) is 5.61. The molecule has 0 amide bonds. The molecular weight excluding hydrogens is 646 g/mol. The van der Waals surface area contributed by atoms with Crippen LogP contribution in [0.3, 0.4) is 0 Å². The molecule has 0 aliphatic rings. The number of hydrogen-bond acceptors (Lipinski definition) is 7. The van der Waals surface area contributed by atoms with Gasteiger partial charge in [0.25, 0.3) is 0 Å². The molecule has 0 radical (unpaired) electrons. The Morgan fingerprint density at radius 2 is 1.80 bits per heavy atom. The number of pyridine rings is 2. The van der Waals surface area contributed by atoms with Crippen LogP contribution in [0.15, 0.2) is 54.1 Å². The van der Waals surface area contributed by atoms with E-state index in [0.29, 0.717) is 39.5 Å². The number of nitrogens with two attached hydrogens (primary N) is 1. The Morgan fingerprint density at radius 1 is 1.12 bits per heavy atom. The minimum absolute atomic E-state index is 0.0764. The maximum atomic E-state index is 13.3. The first-order valence-corrected chi connectivity index (χ1v) is 17.7. The number of ketones is 1. The van der Waals surface area contributed by atoms with Crippen molar-refractivity contribution in [1.82, 2.24) is 13.9 Å². The molecule has 0 saturated heterocycles. The third kappa shape index (κ3) is 11.7. The molecule has 0 bridgehead atoms. The lowest BCUT2D eigenvalue weighted by Crippen LogP contribution is -2.38. The van der Waals surface area contributed by atoms with Gasteiger partial charge in [0, 0.05) is 36.5 Å². The lowest BCUT2D eigenvalue weighted by Gasteiger charge is -2.27. The number of unbranched alkanes of at least 4 members (excludes halogenated alkanes) is 2. The van der Waals surface area contributed by atoms with Gasteiger partial charge in [-0.05, 0) is 98.0 Å². The molecule has 7 nitrogen and oxygen atoms in total. The molecule has 0 aliphatic heterocycles. The van der Waals surface area contributed by atoms with Crippen LogP contribution >= 0.6 is 11.9 Å². The number of benzene rings is 1. The number of halogens is 3. The number of nitrogens with zero attached hydrogens (tertiary/aromatic N) is 3. The number of nitrogens with one attached hydrogen (secondary N) is 2. The monoisotopic (exact) mass is 698 g/mol. The summed E-state index contributed by atoms with van der Waals surface area (Å²) in [6.45, 7) is 20.8. The molecule has 49 heavy (non-hydrogen) atoms. The zero-order chi connectivity index (χ0) is 37.1. The van der Waals surface area contributed by atoms with Crippen molar-refractivity contribution in [3.05, 3.63) is 93.9 Å².